The number of imide groups is 1. The van der Waals surface area contributed by atoms with E-state index in [-0.39, 0.29) is 11.8 Å². The maximum atomic E-state index is 12.5. The third-order valence-corrected chi connectivity index (χ3v) is 4.59. The number of carbonyl (C=O) groups excluding carboxylic acids is 2. The lowest BCUT2D eigenvalue weighted by Crippen LogP contribution is -2.29. The molecule has 0 radical (unpaired) electrons. The molecular formula is C15H9BrClNO2. The molecule has 0 bridgehead atoms. The molecule has 100 valence electrons. The minimum atomic E-state index is -0.326. The number of benzene rings is 2. The maximum Gasteiger partial charge on any atom is 0.266 e. The highest BCUT2D eigenvalue weighted by Crippen LogP contribution is 2.37. The van der Waals surface area contributed by atoms with E-state index in [1.54, 1.807) is 30.3 Å². The van der Waals surface area contributed by atoms with E-state index in [0.29, 0.717) is 26.3 Å². The molecule has 20 heavy (non-hydrogen) atoms. The van der Waals surface area contributed by atoms with E-state index in [2.05, 4.69) is 15.9 Å². The Morgan fingerprint density at radius 2 is 1.75 bits per heavy atom. The zero-order chi connectivity index (χ0) is 14.4. The molecule has 0 atom stereocenters. The number of amides is 2. The van der Waals surface area contributed by atoms with Gasteiger partial charge < -0.3 is 0 Å². The quantitative estimate of drug-likeness (QED) is 0.722. The highest BCUT2D eigenvalue weighted by molar-refractivity contribution is 9.10. The Morgan fingerprint density at radius 1 is 1.05 bits per heavy atom. The highest BCUT2D eigenvalue weighted by atomic mass is 79.9. The summed E-state index contributed by atoms with van der Waals surface area (Å²) in [4.78, 5) is 26.0. The van der Waals surface area contributed by atoms with Crippen LogP contribution in [0.2, 0.25) is 5.02 Å². The van der Waals surface area contributed by atoms with E-state index < -0.39 is 0 Å². The average molecular weight is 351 g/mol. The zero-order valence-electron chi connectivity index (χ0n) is 10.5. The van der Waals surface area contributed by atoms with Crippen molar-refractivity contribution in [3.8, 4) is 0 Å². The van der Waals surface area contributed by atoms with Crippen molar-refractivity contribution >= 4 is 45.0 Å². The highest BCUT2D eigenvalue weighted by Gasteiger charge is 2.37. The Bertz CT molecular complexity index is 758. The molecule has 0 fully saturated rings. The molecule has 2 aromatic carbocycles. The molecule has 0 N–H and O–H groups in total. The molecule has 0 unspecified atom stereocenters. The molecule has 0 aliphatic carbocycles. The predicted octanol–water partition coefficient (Wildman–Crippen LogP) is 4.21. The number of carbonyl (C=O) groups is 2. The van der Waals surface area contributed by atoms with Crippen molar-refractivity contribution in [3.05, 3.63) is 62.6 Å². The van der Waals surface area contributed by atoms with E-state index in [1.165, 1.54) is 0 Å². The number of hydrogen-bond donors (Lipinski definition) is 0. The van der Waals surface area contributed by atoms with Crippen molar-refractivity contribution in [1.29, 1.82) is 0 Å². The molecular weight excluding hydrogens is 342 g/mol. The van der Waals surface area contributed by atoms with Crippen LogP contribution in [0.3, 0.4) is 0 Å². The van der Waals surface area contributed by atoms with Gasteiger partial charge in [-0.25, -0.2) is 4.90 Å². The first-order chi connectivity index (χ1) is 9.50. The van der Waals surface area contributed by atoms with Gasteiger partial charge in [0.2, 0.25) is 0 Å². The van der Waals surface area contributed by atoms with Crippen LogP contribution in [0, 0.1) is 6.92 Å². The second-order valence-corrected chi connectivity index (χ2v) is 5.77. The van der Waals surface area contributed by atoms with Crippen molar-refractivity contribution in [2.45, 2.75) is 6.92 Å². The van der Waals surface area contributed by atoms with Gasteiger partial charge in [0.05, 0.1) is 26.3 Å². The van der Waals surface area contributed by atoms with E-state index in [0.717, 1.165) is 10.5 Å². The number of anilines is 1. The molecule has 3 nitrogen and oxygen atoms in total. The molecule has 3 rings (SSSR count). The number of aryl methyl sites for hydroxylation is 1. The zero-order valence-corrected chi connectivity index (χ0v) is 12.8. The third-order valence-electron chi connectivity index (χ3n) is 3.21. The van der Waals surface area contributed by atoms with Crippen LogP contribution in [-0.2, 0) is 0 Å². The molecule has 0 spiro atoms. The van der Waals surface area contributed by atoms with Gasteiger partial charge in [-0.05, 0) is 47.1 Å². The molecule has 1 heterocycles. The van der Waals surface area contributed by atoms with Crippen LogP contribution in [0.15, 0.2) is 40.9 Å². The van der Waals surface area contributed by atoms with E-state index in [4.69, 9.17) is 11.6 Å². The Kier molecular flexibility index (Phi) is 3.15. The van der Waals surface area contributed by atoms with Crippen LogP contribution in [0.25, 0.3) is 0 Å². The molecule has 1 aliphatic heterocycles. The van der Waals surface area contributed by atoms with Crippen LogP contribution < -0.4 is 4.90 Å². The average Bonchev–Trinajstić information content (AvgIpc) is 2.65. The van der Waals surface area contributed by atoms with Crippen LogP contribution in [0.1, 0.15) is 26.3 Å². The van der Waals surface area contributed by atoms with Crippen LogP contribution in [0.4, 0.5) is 5.69 Å². The lowest BCUT2D eigenvalue weighted by Gasteiger charge is -2.16. The smallest absolute Gasteiger partial charge is 0.266 e. The van der Waals surface area contributed by atoms with Gasteiger partial charge in [-0.3, -0.25) is 9.59 Å². The SMILES string of the molecule is Cc1ccc2c(c1)C(=O)N(c1cccc(Cl)c1Br)C2=O. The number of rotatable bonds is 1. The maximum absolute atomic E-state index is 12.5. The minimum Gasteiger partial charge on any atom is -0.268 e. The van der Waals surface area contributed by atoms with Gasteiger partial charge >= 0.3 is 0 Å². The van der Waals surface area contributed by atoms with Crippen LogP contribution in [0.5, 0.6) is 0 Å². The summed E-state index contributed by atoms with van der Waals surface area (Å²) in [5.74, 6) is -0.648. The minimum absolute atomic E-state index is 0.323. The molecule has 2 amide bonds. The molecule has 2 aromatic rings. The fourth-order valence-electron chi connectivity index (χ4n) is 2.24. The normalized spacial score (nSPS) is 13.8. The summed E-state index contributed by atoms with van der Waals surface area (Å²) in [5.41, 5.74) is 2.26. The van der Waals surface area contributed by atoms with Gasteiger partial charge in [0.1, 0.15) is 0 Å². The first-order valence-electron chi connectivity index (χ1n) is 5.94. The summed E-state index contributed by atoms with van der Waals surface area (Å²) in [5, 5.41) is 0.454. The van der Waals surface area contributed by atoms with Gasteiger partial charge in [0, 0.05) is 0 Å². The molecule has 5 heteroatoms. The first kappa shape index (κ1) is 13.3. The number of nitrogens with zero attached hydrogens (tertiary/aromatic N) is 1. The number of fused-ring (bicyclic) bond motifs is 1. The molecule has 0 saturated carbocycles. The van der Waals surface area contributed by atoms with Crippen molar-refractivity contribution in [2.75, 3.05) is 4.90 Å². The monoisotopic (exact) mass is 349 g/mol. The van der Waals surface area contributed by atoms with E-state index >= 15 is 0 Å². The Balaban J connectivity index is 2.17. The van der Waals surface area contributed by atoms with Crippen LogP contribution >= 0.6 is 27.5 Å². The van der Waals surface area contributed by atoms with Crippen LogP contribution in [-0.4, -0.2) is 11.8 Å². The predicted molar refractivity (Wildman–Crippen MR) is 81.5 cm³/mol. The summed E-state index contributed by atoms with van der Waals surface area (Å²) < 4.78 is 0.535. The van der Waals surface area contributed by atoms with Crippen molar-refractivity contribution in [3.63, 3.8) is 0 Å². The first-order valence-corrected chi connectivity index (χ1v) is 7.11. The largest absolute Gasteiger partial charge is 0.268 e. The second kappa shape index (κ2) is 4.72. The summed E-state index contributed by atoms with van der Waals surface area (Å²) in [6.07, 6.45) is 0. The Labute approximate surface area is 129 Å². The van der Waals surface area contributed by atoms with Crippen molar-refractivity contribution in [2.24, 2.45) is 0 Å². The van der Waals surface area contributed by atoms with Gasteiger partial charge in [0.25, 0.3) is 11.8 Å². The van der Waals surface area contributed by atoms with Gasteiger partial charge in [-0.15, -0.1) is 0 Å². The Morgan fingerprint density at radius 3 is 2.50 bits per heavy atom. The number of hydrogen-bond acceptors (Lipinski definition) is 2. The van der Waals surface area contributed by atoms with E-state index in [9.17, 15) is 9.59 Å². The second-order valence-electron chi connectivity index (χ2n) is 4.57. The Hall–Kier alpha value is -1.65. The van der Waals surface area contributed by atoms with Gasteiger partial charge in [-0.2, -0.15) is 0 Å². The fourth-order valence-corrected chi connectivity index (χ4v) is 2.85. The van der Waals surface area contributed by atoms with Gasteiger partial charge in [0.15, 0.2) is 0 Å². The lowest BCUT2D eigenvalue weighted by atomic mass is 10.1. The third kappa shape index (κ3) is 1.87. The molecule has 0 aromatic heterocycles. The van der Waals surface area contributed by atoms with Crippen molar-refractivity contribution < 1.29 is 9.59 Å². The van der Waals surface area contributed by atoms with Gasteiger partial charge in [-0.1, -0.05) is 29.3 Å². The number of halogens is 2. The molecule has 0 saturated heterocycles. The summed E-state index contributed by atoms with van der Waals surface area (Å²) in [6.45, 7) is 1.88. The lowest BCUT2D eigenvalue weighted by molar-refractivity contribution is 0.0926. The summed E-state index contributed by atoms with van der Waals surface area (Å²) >= 11 is 9.35. The fraction of sp³-hybridized carbons (Fsp3) is 0.0667. The summed E-state index contributed by atoms with van der Waals surface area (Å²) in [7, 11) is 0. The van der Waals surface area contributed by atoms with Crippen molar-refractivity contribution in [1.82, 2.24) is 0 Å². The summed E-state index contributed by atoms with van der Waals surface area (Å²) in [6, 6.07) is 10.3. The van der Waals surface area contributed by atoms with E-state index in [1.807, 2.05) is 13.0 Å². The standard InChI is InChI=1S/C15H9BrClNO2/c1-8-5-6-9-10(7-8)15(20)18(14(9)19)12-4-2-3-11(17)13(12)16/h2-7H,1H3. The molecule has 1 aliphatic rings. The topological polar surface area (TPSA) is 37.4 Å².